The summed E-state index contributed by atoms with van der Waals surface area (Å²) in [5.41, 5.74) is 3.66. The Morgan fingerprint density at radius 1 is 1.27 bits per heavy atom. The van der Waals surface area contributed by atoms with Crippen LogP contribution in [-0.2, 0) is 0 Å². The van der Waals surface area contributed by atoms with E-state index in [9.17, 15) is 0 Å². The van der Waals surface area contributed by atoms with Crippen molar-refractivity contribution in [3.63, 3.8) is 0 Å². The topological polar surface area (TPSA) is 75.0 Å². The summed E-state index contributed by atoms with van der Waals surface area (Å²) in [7, 11) is 0. The highest BCUT2D eigenvalue weighted by Gasteiger charge is 2.10. The molecule has 74 valence electrons. The molecule has 2 aromatic rings. The van der Waals surface area contributed by atoms with Crippen molar-refractivity contribution in [1.82, 2.24) is 0 Å². The second kappa shape index (κ2) is 3.86. The van der Waals surface area contributed by atoms with Gasteiger partial charge in [-0.05, 0) is 0 Å². The quantitative estimate of drug-likeness (QED) is 0.573. The zero-order chi connectivity index (χ0) is 10.7. The van der Waals surface area contributed by atoms with Crippen molar-refractivity contribution in [3.8, 4) is 17.4 Å². The van der Waals surface area contributed by atoms with Gasteiger partial charge in [-0.25, -0.2) is 5.84 Å². The molecule has 1 aromatic heterocycles. The molecule has 0 fully saturated rings. The van der Waals surface area contributed by atoms with Gasteiger partial charge in [-0.2, -0.15) is 5.26 Å². The van der Waals surface area contributed by atoms with E-state index in [-0.39, 0.29) is 5.88 Å². The third kappa shape index (κ3) is 1.68. The predicted molar refractivity (Wildman–Crippen MR) is 56.7 cm³/mol. The number of anilines is 1. The Labute approximate surface area is 86.9 Å². The number of nitrogens with two attached hydrogens (primary N) is 1. The highest BCUT2D eigenvalue weighted by Crippen LogP contribution is 2.27. The van der Waals surface area contributed by atoms with Crippen LogP contribution in [0.2, 0.25) is 0 Å². The lowest BCUT2D eigenvalue weighted by Crippen LogP contribution is -2.06. The summed E-state index contributed by atoms with van der Waals surface area (Å²) in [5.74, 6) is 6.14. The molecule has 0 atom stereocenters. The van der Waals surface area contributed by atoms with Crippen LogP contribution in [0.15, 0.2) is 40.8 Å². The van der Waals surface area contributed by atoms with Gasteiger partial charge in [-0.1, -0.05) is 30.3 Å². The van der Waals surface area contributed by atoms with Crippen molar-refractivity contribution in [2.75, 3.05) is 5.43 Å². The van der Waals surface area contributed by atoms with Crippen LogP contribution >= 0.6 is 0 Å². The first-order chi connectivity index (χ1) is 7.35. The Kier molecular flexibility index (Phi) is 2.40. The number of hydrazine groups is 1. The fraction of sp³-hybridized carbons (Fsp3) is 0. The zero-order valence-electron chi connectivity index (χ0n) is 7.90. The van der Waals surface area contributed by atoms with E-state index in [1.807, 2.05) is 36.4 Å². The number of nitrogens with one attached hydrogen (secondary N) is 1. The van der Waals surface area contributed by atoms with Crippen LogP contribution in [0.1, 0.15) is 5.56 Å². The minimum Gasteiger partial charge on any atom is -0.438 e. The van der Waals surface area contributed by atoms with Crippen molar-refractivity contribution in [1.29, 1.82) is 5.26 Å². The average Bonchev–Trinajstić information content (AvgIpc) is 2.73. The maximum absolute atomic E-state index is 8.80. The van der Waals surface area contributed by atoms with Gasteiger partial charge in [0.25, 0.3) is 0 Å². The second-order valence-corrected chi connectivity index (χ2v) is 2.98. The normalized spacial score (nSPS) is 9.60. The molecule has 0 aliphatic heterocycles. The molecule has 4 heteroatoms. The van der Waals surface area contributed by atoms with Crippen molar-refractivity contribution >= 4 is 5.88 Å². The van der Waals surface area contributed by atoms with Crippen LogP contribution in [0.4, 0.5) is 5.88 Å². The van der Waals surface area contributed by atoms with Gasteiger partial charge in [0.15, 0.2) is 0 Å². The maximum atomic E-state index is 8.80. The lowest BCUT2D eigenvalue weighted by molar-refractivity contribution is 0.594. The molecule has 4 nitrogen and oxygen atoms in total. The Morgan fingerprint density at radius 3 is 2.53 bits per heavy atom. The number of hydrogen-bond acceptors (Lipinski definition) is 4. The number of nitriles is 1. The minimum atomic E-state index is 0.288. The number of hydrogen-bond donors (Lipinski definition) is 2. The highest BCUT2D eigenvalue weighted by molar-refractivity contribution is 5.64. The maximum Gasteiger partial charge on any atom is 0.225 e. The monoisotopic (exact) mass is 199 g/mol. The van der Waals surface area contributed by atoms with Crippen LogP contribution in [-0.4, -0.2) is 0 Å². The molecule has 3 N–H and O–H groups in total. The van der Waals surface area contributed by atoms with E-state index in [4.69, 9.17) is 15.5 Å². The smallest absolute Gasteiger partial charge is 0.225 e. The van der Waals surface area contributed by atoms with E-state index in [0.29, 0.717) is 11.3 Å². The van der Waals surface area contributed by atoms with Crippen LogP contribution in [0.25, 0.3) is 11.3 Å². The van der Waals surface area contributed by atoms with E-state index in [1.54, 1.807) is 6.07 Å². The van der Waals surface area contributed by atoms with Gasteiger partial charge >= 0.3 is 0 Å². The van der Waals surface area contributed by atoms with Crippen molar-refractivity contribution in [2.24, 2.45) is 5.84 Å². The van der Waals surface area contributed by atoms with E-state index < -0.39 is 0 Å². The van der Waals surface area contributed by atoms with Gasteiger partial charge in [0, 0.05) is 11.6 Å². The second-order valence-electron chi connectivity index (χ2n) is 2.98. The summed E-state index contributed by atoms with van der Waals surface area (Å²) in [5, 5.41) is 8.80. The standard InChI is InChI=1S/C11H9N3O/c12-7-9-6-10(15-11(9)14-13)8-4-2-1-3-5-8/h1-6,14H,13H2. The molecule has 1 aromatic carbocycles. The summed E-state index contributed by atoms with van der Waals surface area (Å²) >= 11 is 0. The average molecular weight is 199 g/mol. The van der Waals surface area contributed by atoms with Gasteiger partial charge < -0.3 is 4.42 Å². The zero-order valence-corrected chi connectivity index (χ0v) is 7.90. The predicted octanol–water partition coefficient (Wildman–Crippen LogP) is 2.10. The Balaban J connectivity index is 2.48. The molecule has 0 bridgehead atoms. The molecule has 15 heavy (non-hydrogen) atoms. The van der Waals surface area contributed by atoms with Gasteiger partial charge in [0.2, 0.25) is 5.88 Å². The molecule has 0 spiro atoms. The summed E-state index contributed by atoms with van der Waals surface area (Å²) in [4.78, 5) is 0. The fourth-order valence-corrected chi connectivity index (χ4v) is 1.33. The van der Waals surface area contributed by atoms with E-state index in [0.717, 1.165) is 5.56 Å². The van der Waals surface area contributed by atoms with Gasteiger partial charge in [-0.3, -0.25) is 5.43 Å². The van der Waals surface area contributed by atoms with E-state index in [2.05, 4.69) is 5.43 Å². The first-order valence-electron chi connectivity index (χ1n) is 4.41. The Hall–Kier alpha value is -2.25. The number of nitrogens with zero attached hydrogens (tertiary/aromatic N) is 1. The molecular formula is C11H9N3O. The third-order valence-electron chi connectivity index (χ3n) is 2.04. The van der Waals surface area contributed by atoms with Crippen molar-refractivity contribution in [3.05, 3.63) is 42.0 Å². The van der Waals surface area contributed by atoms with Crippen molar-refractivity contribution < 1.29 is 4.42 Å². The first kappa shape index (κ1) is 9.31. The fourth-order valence-electron chi connectivity index (χ4n) is 1.33. The summed E-state index contributed by atoms with van der Waals surface area (Å²) in [6, 6.07) is 13.2. The summed E-state index contributed by atoms with van der Waals surface area (Å²) < 4.78 is 5.38. The minimum absolute atomic E-state index is 0.288. The molecule has 0 amide bonds. The summed E-state index contributed by atoms with van der Waals surface area (Å²) in [6.45, 7) is 0. The Morgan fingerprint density at radius 2 is 2.00 bits per heavy atom. The molecule has 0 aliphatic rings. The van der Waals surface area contributed by atoms with Gasteiger partial charge in [0.1, 0.15) is 17.4 Å². The largest absolute Gasteiger partial charge is 0.438 e. The molecule has 0 radical (unpaired) electrons. The molecule has 0 aliphatic carbocycles. The SMILES string of the molecule is N#Cc1cc(-c2ccccc2)oc1NN. The number of rotatable bonds is 2. The molecule has 0 saturated carbocycles. The van der Waals surface area contributed by atoms with Gasteiger partial charge in [-0.15, -0.1) is 0 Å². The molecule has 1 heterocycles. The van der Waals surface area contributed by atoms with Crippen LogP contribution in [0.3, 0.4) is 0 Å². The molecule has 2 rings (SSSR count). The first-order valence-corrected chi connectivity index (χ1v) is 4.41. The van der Waals surface area contributed by atoms with Gasteiger partial charge in [0.05, 0.1) is 0 Å². The number of nitrogen functional groups attached to an aromatic ring is 1. The molecular weight excluding hydrogens is 190 g/mol. The van der Waals surface area contributed by atoms with E-state index >= 15 is 0 Å². The molecule has 0 saturated heterocycles. The summed E-state index contributed by atoms with van der Waals surface area (Å²) in [6.07, 6.45) is 0. The van der Waals surface area contributed by atoms with E-state index in [1.165, 1.54) is 0 Å². The lowest BCUT2D eigenvalue weighted by Gasteiger charge is -1.95. The third-order valence-corrected chi connectivity index (χ3v) is 2.04. The number of furan rings is 1. The lowest BCUT2D eigenvalue weighted by atomic mass is 10.1. The van der Waals surface area contributed by atoms with Crippen LogP contribution in [0, 0.1) is 11.3 Å². The Bertz CT molecular complexity index is 496. The van der Waals surface area contributed by atoms with Crippen LogP contribution < -0.4 is 11.3 Å². The number of benzene rings is 1. The van der Waals surface area contributed by atoms with Crippen LogP contribution in [0.5, 0.6) is 0 Å². The highest BCUT2D eigenvalue weighted by atomic mass is 16.4. The van der Waals surface area contributed by atoms with Crippen molar-refractivity contribution in [2.45, 2.75) is 0 Å². The molecule has 0 unspecified atom stereocenters.